The summed E-state index contributed by atoms with van der Waals surface area (Å²) in [5.41, 5.74) is 12.3. The van der Waals surface area contributed by atoms with Gasteiger partial charge in [-0.1, -0.05) is 24.3 Å². The Hall–Kier alpha value is -1.80. The van der Waals surface area contributed by atoms with E-state index in [1.807, 2.05) is 6.07 Å². The van der Waals surface area contributed by atoms with Crippen LogP contribution < -0.4 is 10.5 Å². The van der Waals surface area contributed by atoms with E-state index in [1.165, 1.54) is 16.7 Å². The van der Waals surface area contributed by atoms with Gasteiger partial charge in [0.15, 0.2) is 0 Å². The molecule has 0 amide bonds. The molecule has 0 bridgehead atoms. The molecule has 1 unspecified atom stereocenters. The molecule has 0 fully saturated rings. The summed E-state index contributed by atoms with van der Waals surface area (Å²) in [6.45, 7) is 7.11. The fourth-order valence-corrected chi connectivity index (χ4v) is 2.74. The predicted octanol–water partition coefficient (Wildman–Crippen LogP) is 3.46. The molecule has 20 heavy (non-hydrogen) atoms. The molecule has 1 aliphatic heterocycles. The summed E-state index contributed by atoms with van der Waals surface area (Å²) < 4.78 is 5.57. The van der Waals surface area contributed by atoms with Crippen molar-refractivity contribution in [1.82, 2.24) is 0 Å². The van der Waals surface area contributed by atoms with E-state index < -0.39 is 5.54 Å². The molecule has 3 rings (SSSR count). The zero-order valence-electron chi connectivity index (χ0n) is 12.4. The van der Waals surface area contributed by atoms with Gasteiger partial charge in [0.1, 0.15) is 5.75 Å². The van der Waals surface area contributed by atoms with Crippen LogP contribution in [0.4, 0.5) is 0 Å². The second-order valence-electron chi connectivity index (χ2n) is 5.92. The molecular weight excluding hydrogens is 246 g/mol. The highest BCUT2D eigenvalue weighted by Crippen LogP contribution is 2.33. The molecule has 2 heteroatoms. The van der Waals surface area contributed by atoms with Crippen LogP contribution in [0.3, 0.4) is 0 Å². The van der Waals surface area contributed by atoms with Crippen molar-refractivity contribution >= 4 is 0 Å². The van der Waals surface area contributed by atoms with E-state index in [2.05, 4.69) is 51.1 Å². The minimum absolute atomic E-state index is 0.476. The summed E-state index contributed by atoms with van der Waals surface area (Å²) in [5.74, 6) is 1.00. The van der Waals surface area contributed by atoms with Crippen LogP contribution in [0, 0.1) is 13.8 Å². The molecule has 0 saturated carbocycles. The van der Waals surface area contributed by atoms with E-state index in [4.69, 9.17) is 10.5 Å². The molecule has 1 aliphatic rings. The van der Waals surface area contributed by atoms with Crippen molar-refractivity contribution in [1.29, 1.82) is 0 Å². The molecular formula is C18H21NO. The number of rotatable bonds is 2. The Morgan fingerprint density at radius 3 is 2.45 bits per heavy atom. The largest absolute Gasteiger partial charge is 0.493 e. The number of hydrogen-bond acceptors (Lipinski definition) is 2. The van der Waals surface area contributed by atoms with Crippen molar-refractivity contribution in [3.05, 3.63) is 64.2 Å². The summed E-state index contributed by atoms with van der Waals surface area (Å²) in [5, 5.41) is 0. The first kappa shape index (κ1) is 13.2. The Bertz CT molecular complexity index is 658. The summed E-state index contributed by atoms with van der Waals surface area (Å²) in [7, 11) is 0. The van der Waals surface area contributed by atoms with Gasteiger partial charge in [-0.15, -0.1) is 0 Å². The Kier molecular flexibility index (Phi) is 3.06. The fourth-order valence-electron chi connectivity index (χ4n) is 2.74. The number of benzene rings is 2. The number of nitrogens with two attached hydrogens (primary N) is 1. The van der Waals surface area contributed by atoms with Gasteiger partial charge in [-0.3, -0.25) is 0 Å². The maximum atomic E-state index is 6.63. The predicted molar refractivity (Wildman–Crippen MR) is 82.2 cm³/mol. The van der Waals surface area contributed by atoms with Crippen LogP contribution >= 0.6 is 0 Å². The van der Waals surface area contributed by atoms with Crippen molar-refractivity contribution in [2.75, 3.05) is 6.61 Å². The van der Waals surface area contributed by atoms with E-state index in [9.17, 15) is 0 Å². The lowest BCUT2D eigenvalue weighted by molar-refractivity contribution is 0.356. The van der Waals surface area contributed by atoms with E-state index >= 15 is 0 Å². The molecule has 0 spiro atoms. The summed E-state index contributed by atoms with van der Waals surface area (Å²) >= 11 is 0. The quantitative estimate of drug-likeness (QED) is 0.904. The van der Waals surface area contributed by atoms with Gasteiger partial charge >= 0.3 is 0 Å². The van der Waals surface area contributed by atoms with Crippen LogP contribution in [0.2, 0.25) is 0 Å². The zero-order valence-corrected chi connectivity index (χ0v) is 12.4. The highest BCUT2D eigenvalue weighted by Gasteiger charge is 2.26. The van der Waals surface area contributed by atoms with Crippen molar-refractivity contribution in [2.45, 2.75) is 32.7 Å². The third kappa shape index (κ3) is 2.10. The SMILES string of the molecule is Cc1ccc(C(C)(N)c2ccc3c(c2)CCO3)cc1C. The van der Waals surface area contributed by atoms with Gasteiger partial charge in [0.2, 0.25) is 0 Å². The highest BCUT2D eigenvalue weighted by atomic mass is 16.5. The lowest BCUT2D eigenvalue weighted by Gasteiger charge is -2.27. The Balaban J connectivity index is 2.04. The van der Waals surface area contributed by atoms with Gasteiger partial charge in [-0.2, -0.15) is 0 Å². The zero-order chi connectivity index (χ0) is 14.3. The van der Waals surface area contributed by atoms with Crippen LogP contribution in [0.1, 0.15) is 34.7 Å². The Labute approximate surface area is 120 Å². The van der Waals surface area contributed by atoms with Gasteiger partial charge in [0.05, 0.1) is 12.1 Å². The molecule has 0 saturated heterocycles. The third-order valence-corrected chi connectivity index (χ3v) is 4.40. The topological polar surface area (TPSA) is 35.2 Å². The van der Waals surface area contributed by atoms with Crippen molar-refractivity contribution in [2.24, 2.45) is 5.73 Å². The maximum absolute atomic E-state index is 6.63. The average molecular weight is 267 g/mol. The fraction of sp³-hybridized carbons (Fsp3) is 0.333. The average Bonchev–Trinajstić information content (AvgIpc) is 2.89. The molecule has 0 aromatic heterocycles. The van der Waals surface area contributed by atoms with Crippen molar-refractivity contribution in [3.8, 4) is 5.75 Å². The van der Waals surface area contributed by atoms with Gasteiger partial charge < -0.3 is 10.5 Å². The van der Waals surface area contributed by atoms with Crippen LogP contribution in [-0.2, 0) is 12.0 Å². The van der Waals surface area contributed by atoms with Gasteiger partial charge in [0.25, 0.3) is 0 Å². The molecule has 0 aliphatic carbocycles. The first-order valence-electron chi connectivity index (χ1n) is 7.11. The van der Waals surface area contributed by atoms with Gasteiger partial charge in [-0.05, 0) is 60.7 Å². The Morgan fingerprint density at radius 1 is 1.00 bits per heavy atom. The van der Waals surface area contributed by atoms with E-state index in [0.717, 1.165) is 29.9 Å². The van der Waals surface area contributed by atoms with E-state index in [0.29, 0.717) is 0 Å². The van der Waals surface area contributed by atoms with E-state index in [1.54, 1.807) is 0 Å². The number of aryl methyl sites for hydroxylation is 2. The third-order valence-electron chi connectivity index (χ3n) is 4.40. The molecule has 0 radical (unpaired) electrons. The molecule has 2 aromatic rings. The van der Waals surface area contributed by atoms with Gasteiger partial charge in [-0.25, -0.2) is 0 Å². The molecule has 104 valence electrons. The minimum atomic E-state index is -0.476. The smallest absolute Gasteiger partial charge is 0.122 e. The summed E-state index contributed by atoms with van der Waals surface area (Å²) in [4.78, 5) is 0. The molecule has 2 nitrogen and oxygen atoms in total. The minimum Gasteiger partial charge on any atom is -0.493 e. The van der Waals surface area contributed by atoms with Crippen LogP contribution in [-0.4, -0.2) is 6.61 Å². The molecule has 1 heterocycles. The van der Waals surface area contributed by atoms with Crippen LogP contribution in [0.5, 0.6) is 5.75 Å². The van der Waals surface area contributed by atoms with Crippen molar-refractivity contribution < 1.29 is 4.74 Å². The highest BCUT2D eigenvalue weighted by molar-refractivity contribution is 5.46. The Morgan fingerprint density at radius 2 is 1.70 bits per heavy atom. The molecule has 1 atom stereocenters. The lowest BCUT2D eigenvalue weighted by atomic mass is 9.83. The summed E-state index contributed by atoms with van der Waals surface area (Å²) in [6, 6.07) is 12.8. The second kappa shape index (κ2) is 4.64. The van der Waals surface area contributed by atoms with Gasteiger partial charge in [0, 0.05) is 6.42 Å². The second-order valence-corrected chi connectivity index (χ2v) is 5.92. The van der Waals surface area contributed by atoms with E-state index in [-0.39, 0.29) is 0 Å². The first-order chi connectivity index (χ1) is 9.48. The standard InChI is InChI=1S/C18H21NO/c1-12-4-5-15(10-13(12)2)18(3,19)16-6-7-17-14(11-16)8-9-20-17/h4-7,10-11H,8-9,19H2,1-3H3. The van der Waals surface area contributed by atoms with Crippen molar-refractivity contribution in [3.63, 3.8) is 0 Å². The molecule has 2 aromatic carbocycles. The lowest BCUT2D eigenvalue weighted by Crippen LogP contribution is -2.34. The molecule has 2 N–H and O–H groups in total. The monoisotopic (exact) mass is 267 g/mol. The normalized spacial score (nSPS) is 16.4. The maximum Gasteiger partial charge on any atom is 0.122 e. The summed E-state index contributed by atoms with van der Waals surface area (Å²) in [6.07, 6.45) is 0.978. The first-order valence-corrected chi connectivity index (χ1v) is 7.11. The number of fused-ring (bicyclic) bond motifs is 1. The van der Waals surface area contributed by atoms with Crippen LogP contribution in [0.25, 0.3) is 0 Å². The number of ether oxygens (including phenoxy) is 1. The number of hydrogen-bond donors (Lipinski definition) is 1. The van der Waals surface area contributed by atoms with Crippen LogP contribution in [0.15, 0.2) is 36.4 Å².